The van der Waals surface area contributed by atoms with E-state index in [1.807, 2.05) is 0 Å². The zero-order valence-electron chi connectivity index (χ0n) is 22.8. The number of nitrogens with zero attached hydrogens (tertiary/aromatic N) is 2. The lowest BCUT2D eigenvalue weighted by Crippen LogP contribution is -2.40. The van der Waals surface area contributed by atoms with Crippen molar-refractivity contribution in [2.75, 3.05) is 20.3 Å². The number of halogens is 7. The van der Waals surface area contributed by atoms with Crippen LogP contribution in [0, 0.1) is 5.92 Å². The van der Waals surface area contributed by atoms with Gasteiger partial charge in [0.25, 0.3) is 12.3 Å². The van der Waals surface area contributed by atoms with E-state index in [1.165, 1.54) is 13.2 Å². The molecule has 0 unspecified atom stereocenters. The van der Waals surface area contributed by atoms with Crippen LogP contribution < -0.4 is 15.4 Å². The number of benzene rings is 1. The molecule has 1 fully saturated rings. The van der Waals surface area contributed by atoms with Crippen LogP contribution in [0.25, 0.3) is 11.2 Å². The highest BCUT2D eigenvalue weighted by Gasteiger charge is 2.41. The highest BCUT2D eigenvalue weighted by Crippen LogP contribution is 2.38. The number of aromatic nitrogens is 3. The minimum atomic E-state index is -4.30. The predicted molar refractivity (Wildman–Crippen MR) is 148 cm³/mol. The van der Waals surface area contributed by atoms with E-state index in [2.05, 4.69) is 25.6 Å². The van der Waals surface area contributed by atoms with Gasteiger partial charge >= 0.3 is 6.18 Å². The molecule has 4 rings (SSSR count). The van der Waals surface area contributed by atoms with E-state index < -0.39 is 43.0 Å². The van der Waals surface area contributed by atoms with E-state index in [9.17, 15) is 31.5 Å². The molecule has 9 nitrogen and oxygen atoms in total. The average Bonchev–Trinajstić information content (AvgIpc) is 3.34. The fourth-order valence-corrected chi connectivity index (χ4v) is 5.36. The fraction of sp³-hybridized carbons (Fsp3) is 0.481. The van der Waals surface area contributed by atoms with E-state index in [0.29, 0.717) is 27.0 Å². The summed E-state index contributed by atoms with van der Waals surface area (Å²) in [4.78, 5) is 36.5. The second-order valence-electron chi connectivity index (χ2n) is 10.0. The van der Waals surface area contributed by atoms with Crippen molar-refractivity contribution in [1.82, 2.24) is 25.6 Å². The topological polar surface area (TPSA) is 118 Å². The van der Waals surface area contributed by atoms with E-state index in [1.54, 1.807) is 12.1 Å². The number of rotatable bonds is 11. The van der Waals surface area contributed by atoms with E-state index in [4.69, 9.17) is 32.7 Å². The number of alkyl halides is 5. The van der Waals surface area contributed by atoms with Gasteiger partial charge < -0.3 is 25.1 Å². The first-order valence-corrected chi connectivity index (χ1v) is 14.0. The lowest BCUT2D eigenvalue weighted by molar-refractivity contribution is -0.182. The molecule has 0 spiro atoms. The molecule has 0 saturated heterocycles. The van der Waals surface area contributed by atoms with Gasteiger partial charge in [0.15, 0.2) is 12.3 Å². The highest BCUT2D eigenvalue weighted by atomic mass is 35.5. The molecule has 1 saturated carbocycles. The lowest BCUT2D eigenvalue weighted by Gasteiger charge is -2.30. The summed E-state index contributed by atoms with van der Waals surface area (Å²) in [6, 6.07) is 4.08. The summed E-state index contributed by atoms with van der Waals surface area (Å²) in [6.07, 6.45) is -7.09. The molecule has 0 aliphatic heterocycles. The maximum Gasteiger partial charge on any atom is 0.391 e. The SMILES string of the molecule is COCC(=O)NCc1ccc(Cl)c(Cc2nc3nc(OCC(F)F)c(C(=O)NC4CCC(C(F)(F)F)CC4)cc3[nH]2)c1Cl. The number of carbonyl (C=O) groups is 2. The van der Waals surface area contributed by atoms with Crippen LogP contribution in [0.1, 0.15) is 53.0 Å². The summed E-state index contributed by atoms with van der Waals surface area (Å²) in [6.45, 7) is -1.04. The van der Waals surface area contributed by atoms with Crippen LogP contribution in [0.4, 0.5) is 22.0 Å². The third kappa shape index (κ3) is 8.45. The Hall–Kier alpha value is -3.23. The van der Waals surface area contributed by atoms with Gasteiger partial charge in [-0.05, 0) is 48.9 Å². The second kappa shape index (κ2) is 14.0. The Bertz CT molecular complexity index is 1460. The molecule has 16 heteroatoms. The number of imidazole rings is 1. The number of carbonyl (C=O) groups excluding carboxylic acids is 2. The standard InChI is InChI=1S/C27H28Cl2F5N5O4/c1-42-12-22(40)35-10-13-2-7-18(28)16(23(13)29)9-21-37-19-8-17(26(39-24(19)38-21)43-11-20(30)31)25(41)36-15-5-3-14(4-6-15)27(32,33)34/h2,7-8,14-15,20H,3-6,9-12H2,1H3,(H,35,40)(H,36,41)(H,37,38,39). The van der Waals surface area contributed by atoms with E-state index in [0.717, 1.165) is 0 Å². The number of fused-ring (bicyclic) bond motifs is 1. The van der Waals surface area contributed by atoms with Gasteiger partial charge in [0.1, 0.15) is 18.0 Å². The summed E-state index contributed by atoms with van der Waals surface area (Å²) in [5, 5.41) is 5.97. The third-order valence-electron chi connectivity index (χ3n) is 6.96. The third-order valence-corrected chi connectivity index (χ3v) is 7.79. The van der Waals surface area contributed by atoms with Crippen molar-refractivity contribution in [2.45, 2.75) is 57.3 Å². The number of H-pyrrole nitrogens is 1. The molecule has 2 heterocycles. The molecule has 2 amide bonds. The van der Waals surface area contributed by atoms with Crippen LogP contribution in [0.15, 0.2) is 18.2 Å². The van der Waals surface area contributed by atoms with Gasteiger partial charge in [0, 0.05) is 31.1 Å². The van der Waals surface area contributed by atoms with Gasteiger partial charge in [-0.1, -0.05) is 29.3 Å². The fourth-order valence-electron chi connectivity index (χ4n) is 4.79. The number of nitrogens with one attached hydrogen (secondary N) is 3. The molecule has 0 radical (unpaired) electrons. The number of hydrogen-bond donors (Lipinski definition) is 3. The minimum absolute atomic E-state index is 0.0664. The first kappa shape index (κ1) is 32.7. The molecule has 0 bridgehead atoms. The molecule has 1 aliphatic rings. The molecular weight excluding hydrogens is 624 g/mol. The summed E-state index contributed by atoms with van der Waals surface area (Å²) in [7, 11) is 1.39. The first-order valence-electron chi connectivity index (χ1n) is 13.2. The molecule has 234 valence electrons. The first-order chi connectivity index (χ1) is 20.3. The maximum atomic E-state index is 13.1. The summed E-state index contributed by atoms with van der Waals surface area (Å²) in [5.74, 6) is -2.55. The minimum Gasteiger partial charge on any atom is -0.471 e. The largest absolute Gasteiger partial charge is 0.471 e. The monoisotopic (exact) mass is 651 g/mol. The van der Waals surface area contributed by atoms with Crippen LogP contribution in [0.5, 0.6) is 5.88 Å². The van der Waals surface area contributed by atoms with Crippen LogP contribution in [0.3, 0.4) is 0 Å². The second-order valence-corrected chi connectivity index (χ2v) is 10.8. The highest BCUT2D eigenvalue weighted by molar-refractivity contribution is 6.36. The Labute approximate surface area is 252 Å². The Kier molecular flexibility index (Phi) is 10.7. The zero-order valence-corrected chi connectivity index (χ0v) is 24.3. The molecule has 3 N–H and O–H groups in total. The summed E-state index contributed by atoms with van der Waals surface area (Å²) in [5.41, 5.74) is 1.25. The maximum absolute atomic E-state index is 13.1. The van der Waals surface area contributed by atoms with E-state index >= 15 is 0 Å². The van der Waals surface area contributed by atoms with Crippen molar-refractivity contribution in [3.63, 3.8) is 0 Å². The van der Waals surface area contributed by atoms with Crippen molar-refractivity contribution in [2.24, 2.45) is 5.92 Å². The molecular formula is C27H28Cl2F5N5O4. The van der Waals surface area contributed by atoms with Crippen molar-refractivity contribution in [3.05, 3.63) is 50.8 Å². The van der Waals surface area contributed by atoms with Crippen molar-refractivity contribution < 1.29 is 41.0 Å². The van der Waals surface area contributed by atoms with Crippen LogP contribution in [-0.2, 0) is 22.5 Å². The molecule has 1 aliphatic carbocycles. The van der Waals surface area contributed by atoms with Crippen LogP contribution >= 0.6 is 23.2 Å². The van der Waals surface area contributed by atoms with Crippen LogP contribution in [0.2, 0.25) is 10.0 Å². The van der Waals surface area contributed by atoms with Gasteiger partial charge in [0.2, 0.25) is 11.8 Å². The average molecular weight is 652 g/mol. The number of aromatic amines is 1. The Morgan fingerprint density at radius 2 is 1.86 bits per heavy atom. The lowest BCUT2D eigenvalue weighted by atomic mass is 9.85. The quantitative estimate of drug-likeness (QED) is 0.232. The summed E-state index contributed by atoms with van der Waals surface area (Å²) < 4.78 is 74.9. The van der Waals surface area contributed by atoms with Crippen LogP contribution in [-0.4, -0.2) is 65.7 Å². The molecule has 3 aromatic rings. The molecule has 43 heavy (non-hydrogen) atoms. The van der Waals surface area contributed by atoms with Crippen molar-refractivity contribution in [3.8, 4) is 5.88 Å². The molecule has 0 atom stereocenters. The number of pyridine rings is 1. The smallest absolute Gasteiger partial charge is 0.391 e. The normalized spacial score (nSPS) is 17.3. The predicted octanol–water partition coefficient (Wildman–Crippen LogP) is 5.61. The Morgan fingerprint density at radius 1 is 1.14 bits per heavy atom. The number of methoxy groups -OCH3 is 1. The number of amides is 2. The van der Waals surface area contributed by atoms with E-state index in [-0.39, 0.29) is 67.9 Å². The van der Waals surface area contributed by atoms with Gasteiger partial charge in [0.05, 0.1) is 16.5 Å². The Balaban J connectivity index is 1.56. The number of hydrogen-bond acceptors (Lipinski definition) is 6. The number of ether oxygens (including phenoxy) is 2. The molecule has 2 aromatic heterocycles. The van der Waals surface area contributed by atoms with Gasteiger partial charge in [-0.25, -0.2) is 13.8 Å². The van der Waals surface area contributed by atoms with Crippen molar-refractivity contribution in [1.29, 1.82) is 0 Å². The zero-order chi connectivity index (χ0) is 31.3. The van der Waals surface area contributed by atoms with Gasteiger partial charge in [-0.3, -0.25) is 9.59 Å². The Morgan fingerprint density at radius 3 is 2.51 bits per heavy atom. The summed E-state index contributed by atoms with van der Waals surface area (Å²) >= 11 is 13.0. The molecule has 1 aromatic carbocycles. The van der Waals surface area contributed by atoms with Gasteiger partial charge in [-0.2, -0.15) is 18.2 Å². The van der Waals surface area contributed by atoms with Gasteiger partial charge in [-0.15, -0.1) is 0 Å². The van der Waals surface area contributed by atoms with Crippen molar-refractivity contribution >= 4 is 46.2 Å².